The first-order valence-electron chi connectivity index (χ1n) is 4.89. The van der Waals surface area contributed by atoms with Gasteiger partial charge in [-0.2, -0.15) is 5.26 Å². The predicted molar refractivity (Wildman–Crippen MR) is 58.3 cm³/mol. The highest BCUT2D eigenvalue weighted by Crippen LogP contribution is 2.06. The van der Waals surface area contributed by atoms with E-state index < -0.39 is 5.97 Å². The van der Waals surface area contributed by atoms with Crippen molar-refractivity contribution in [1.29, 1.82) is 5.26 Å². The number of rotatable bonds is 6. The molecule has 1 aromatic rings. The number of hydrogen-bond donors (Lipinski definition) is 1. The molecule has 1 rings (SSSR count). The molecule has 1 heterocycles. The van der Waals surface area contributed by atoms with Gasteiger partial charge in [0.05, 0.1) is 19.0 Å². The normalized spacial score (nSPS) is 9.35. The van der Waals surface area contributed by atoms with Crippen molar-refractivity contribution in [2.45, 2.75) is 12.8 Å². The molecule has 0 aliphatic rings. The number of aromatic nitrogens is 2. The average Bonchev–Trinajstić information content (AvgIpc) is 2.35. The summed E-state index contributed by atoms with van der Waals surface area (Å²) in [5, 5.41) is 17.1. The molecular formula is C11H11N3O3. The van der Waals surface area contributed by atoms with Gasteiger partial charge in [0, 0.05) is 5.57 Å². The Labute approximate surface area is 98.2 Å². The van der Waals surface area contributed by atoms with Gasteiger partial charge in [0.1, 0.15) is 6.07 Å². The maximum absolute atomic E-state index is 10.4. The molecule has 0 aromatic carbocycles. The highest BCUT2D eigenvalue weighted by molar-refractivity contribution is 5.85. The van der Waals surface area contributed by atoms with Gasteiger partial charge >= 0.3 is 5.97 Å². The Kier molecular flexibility index (Phi) is 4.63. The first-order chi connectivity index (χ1) is 8.13. The molecule has 6 nitrogen and oxygen atoms in total. The monoisotopic (exact) mass is 233 g/mol. The van der Waals surface area contributed by atoms with Crippen LogP contribution in [0.4, 0.5) is 0 Å². The van der Waals surface area contributed by atoms with Crippen molar-refractivity contribution in [2.24, 2.45) is 0 Å². The second-order valence-electron chi connectivity index (χ2n) is 3.21. The van der Waals surface area contributed by atoms with Gasteiger partial charge in [-0.3, -0.25) is 0 Å². The van der Waals surface area contributed by atoms with Crippen molar-refractivity contribution < 1.29 is 14.6 Å². The lowest BCUT2D eigenvalue weighted by Crippen LogP contribution is -2.04. The van der Waals surface area contributed by atoms with Crippen LogP contribution in [0.2, 0.25) is 0 Å². The van der Waals surface area contributed by atoms with Crippen molar-refractivity contribution in [2.75, 3.05) is 6.61 Å². The molecule has 0 spiro atoms. The quantitative estimate of drug-likeness (QED) is 0.584. The Morgan fingerprint density at radius 2 is 2.29 bits per heavy atom. The fourth-order valence-electron chi connectivity index (χ4n) is 1.02. The number of nitrogens with zero attached hydrogens (tertiary/aromatic N) is 3. The number of aliphatic carboxylic acids is 1. The molecule has 0 radical (unpaired) electrons. The number of carbonyl (C=O) groups is 1. The Hall–Kier alpha value is -2.42. The van der Waals surface area contributed by atoms with E-state index in [1.807, 2.05) is 6.07 Å². The lowest BCUT2D eigenvalue weighted by atomic mass is 10.2. The van der Waals surface area contributed by atoms with E-state index in [9.17, 15) is 4.79 Å². The van der Waals surface area contributed by atoms with E-state index in [-0.39, 0.29) is 11.3 Å². The highest BCUT2D eigenvalue weighted by atomic mass is 16.5. The van der Waals surface area contributed by atoms with Crippen LogP contribution < -0.4 is 4.74 Å². The summed E-state index contributed by atoms with van der Waals surface area (Å²) in [4.78, 5) is 18.1. The van der Waals surface area contributed by atoms with Crippen molar-refractivity contribution in [1.82, 2.24) is 9.97 Å². The van der Waals surface area contributed by atoms with Gasteiger partial charge in [0.25, 0.3) is 0 Å². The maximum atomic E-state index is 10.4. The van der Waals surface area contributed by atoms with E-state index in [2.05, 4.69) is 16.5 Å². The van der Waals surface area contributed by atoms with E-state index in [0.717, 1.165) is 0 Å². The van der Waals surface area contributed by atoms with E-state index in [1.54, 1.807) is 0 Å². The van der Waals surface area contributed by atoms with Crippen LogP contribution in [0.15, 0.2) is 24.5 Å². The Morgan fingerprint density at radius 3 is 2.82 bits per heavy atom. The summed E-state index contributed by atoms with van der Waals surface area (Å²) < 4.78 is 5.22. The fourth-order valence-corrected chi connectivity index (χ4v) is 1.02. The summed E-state index contributed by atoms with van der Waals surface area (Å²) in [6.07, 6.45) is 3.56. The first kappa shape index (κ1) is 12.6. The zero-order valence-corrected chi connectivity index (χ0v) is 9.09. The average molecular weight is 233 g/mol. The van der Waals surface area contributed by atoms with Crippen molar-refractivity contribution >= 4 is 5.97 Å². The van der Waals surface area contributed by atoms with Gasteiger partial charge in [0.2, 0.25) is 5.88 Å². The lowest BCUT2D eigenvalue weighted by molar-refractivity contribution is -0.132. The summed E-state index contributed by atoms with van der Waals surface area (Å²) in [5.41, 5.74) is 0.371. The van der Waals surface area contributed by atoms with Gasteiger partial charge in [-0.05, 0) is 12.8 Å². The largest absolute Gasteiger partial charge is 0.478 e. The molecule has 0 saturated carbocycles. The SMILES string of the molecule is C=C(CCCOc1cnc(C#N)cn1)C(=O)O. The third-order valence-electron chi connectivity index (χ3n) is 1.92. The van der Waals surface area contributed by atoms with Gasteiger partial charge in [-0.1, -0.05) is 6.58 Å². The number of hydrogen-bond acceptors (Lipinski definition) is 5. The van der Waals surface area contributed by atoms with Gasteiger partial charge in [-0.25, -0.2) is 14.8 Å². The third kappa shape index (κ3) is 4.30. The molecule has 1 N–H and O–H groups in total. The highest BCUT2D eigenvalue weighted by Gasteiger charge is 2.03. The predicted octanol–water partition coefficient (Wildman–Crippen LogP) is 1.15. The van der Waals surface area contributed by atoms with E-state index in [4.69, 9.17) is 15.1 Å². The summed E-state index contributed by atoms with van der Waals surface area (Å²) in [7, 11) is 0. The van der Waals surface area contributed by atoms with Crippen LogP contribution in [0.1, 0.15) is 18.5 Å². The Bertz CT molecular complexity index is 448. The smallest absolute Gasteiger partial charge is 0.330 e. The molecule has 0 amide bonds. The second-order valence-corrected chi connectivity index (χ2v) is 3.21. The minimum Gasteiger partial charge on any atom is -0.478 e. The number of carboxylic acids is 1. The molecule has 1 aromatic heterocycles. The number of nitriles is 1. The van der Waals surface area contributed by atoms with Crippen LogP contribution in [0.3, 0.4) is 0 Å². The van der Waals surface area contributed by atoms with E-state index >= 15 is 0 Å². The molecule has 6 heteroatoms. The molecule has 0 unspecified atom stereocenters. The zero-order valence-electron chi connectivity index (χ0n) is 9.09. The van der Waals surface area contributed by atoms with Crippen LogP contribution in [-0.4, -0.2) is 27.7 Å². The van der Waals surface area contributed by atoms with Gasteiger partial charge < -0.3 is 9.84 Å². The molecule has 0 bridgehead atoms. The Morgan fingerprint density at radius 1 is 1.53 bits per heavy atom. The van der Waals surface area contributed by atoms with Gasteiger partial charge in [0.15, 0.2) is 5.69 Å². The van der Waals surface area contributed by atoms with Crippen molar-refractivity contribution in [3.05, 3.63) is 30.2 Å². The molecule has 0 saturated heterocycles. The molecule has 0 aliphatic heterocycles. The molecule has 17 heavy (non-hydrogen) atoms. The van der Waals surface area contributed by atoms with Crippen LogP contribution in [0.5, 0.6) is 5.88 Å². The van der Waals surface area contributed by atoms with Crippen LogP contribution in [-0.2, 0) is 4.79 Å². The molecule has 88 valence electrons. The van der Waals surface area contributed by atoms with Crippen LogP contribution in [0.25, 0.3) is 0 Å². The van der Waals surface area contributed by atoms with Gasteiger partial charge in [-0.15, -0.1) is 0 Å². The minimum atomic E-state index is -0.997. The zero-order chi connectivity index (χ0) is 12.7. The molecular weight excluding hydrogens is 222 g/mol. The minimum absolute atomic E-state index is 0.152. The van der Waals surface area contributed by atoms with E-state index in [0.29, 0.717) is 25.3 Å². The van der Waals surface area contributed by atoms with Crippen molar-refractivity contribution in [3.8, 4) is 11.9 Å². The topological polar surface area (TPSA) is 96.1 Å². The van der Waals surface area contributed by atoms with Crippen LogP contribution >= 0.6 is 0 Å². The maximum Gasteiger partial charge on any atom is 0.330 e. The summed E-state index contributed by atoms with van der Waals surface area (Å²) in [6.45, 7) is 3.73. The third-order valence-corrected chi connectivity index (χ3v) is 1.92. The Balaban J connectivity index is 2.29. The summed E-state index contributed by atoms with van der Waals surface area (Å²) in [5.74, 6) is -0.687. The number of ether oxygens (including phenoxy) is 1. The number of carboxylic acid groups (broad SMARTS) is 1. The standard InChI is InChI=1S/C11H11N3O3/c1-8(11(15)16)3-2-4-17-10-7-13-9(5-12)6-14-10/h6-7H,1-4H2,(H,15,16). The van der Waals surface area contributed by atoms with Crippen molar-refractivity contribution in [3.63, 3.8) is 0 Å². The first-order valence-corrected chi connectivity index (χ1v) is 4.89. The van der Waals surface area contributed by atoms with E-state index in [1.165, 1.54) is 12.4 Å². The lowest BCUT2D eigenvalue weighted by Gasteiger charge is -2.04. The molecule has 0 aliphatic carbocycles. The summed E-state index contributed by atoms with van der Waals surface area (Å²) >= 11 is 0. The second kappa shape index (κ2) is 6.23. The molecule has 0 fully saturated rings. The van der Waals surface area contributed by atoms with Crippen LogP contribution in [0, 0.1) is 11.3 Å². The summed E-state index contributed by atoms with van der Waals surface area (Å²) in [6, 6.07) is 1.84. The fraction of sp³-hybridized carbons (Fsp3) is 0.273. The molecule has 0 atom stereocenters.